The molecule has 0 saturated heterocycles. The van der Waals surface area contributed by atoms with Crippen LogP contribution in [0.1, 0.15) is 27.3 Å². The number of aromatic nitrogens is 1. The lowest BCUT2D eigenvalue weighted by Gasteiger charge is -2.09. The van der Waals surface area contributed by atoms with Gasteiger partial charge in [0.2, 0.25) is 0 Å². The standard InChI is InChI=1S/C20H19N3O4S2/c1-27-15-9-11-16(12-10-15)29(25,26)23-14-7-5-13(6-8-14)19(24)22-20-21-17-3-2-4-18(17)28-20/h5-12,23H,2-4H2,1H3,(H,21,22,24). The van der Waals surface area contributed by atoms with Crippen LogP contribution in [0.2, 0.25) is 0 Å². The molecule has 2 N–H and O–H groups in total. The first-order valence-electron chi connectivity index (χ1n) is 9.01. The first-order valence-corrected chi connectivity index (χ1v) is 11.3. The van der Waals surface area contributed by atoms with Gasteiger partial charge in [0.05, 0.1) is 17.7 Å². The van der Waals surface area contributed by atoms with Crippen LogP contribution in [0, 0.1) is 0 Å². The number of amides is 1. The maximum absolute atomic E-state index is 12.5. The number of aryl methyl sites for hydroxylation is 2. The summed E-state index contributed by atoms with van der Waals surface area (Å²) in [6, 6.07) is 12.3. The number of hydrogen-bond donors (Lipinski definition) is 2. The van der Waals surface area contributed by atoms with E-state index in [-0.39, 0.29) is 10.8 Å². The van der Waals surface area contributed by atoms with Gasteiger partial charge in [0.1, 0.15) is 5.75 Å². The summed E-state index contributed by atoms with van der Waals surface area (Å²) in [6.45, 7) is 0. The molecular formula is C20H19N3O4S2. The lowest BCUT2D eigenvalue weighted by atomic mass is 10.2. The van der Waals surface area contributed by atoms with E-state index < -0.39 is 10.0 Å². The maximum Gasteiger partial charge on any atom is 0.261 e. The maximum atomic E-state index is 12.5. The van der Waals surface area contributed by atoms with Gasteiger partial charge in [-0.2, -0.15) is 0 Å². The minimum atomic E-state index is -3.73. The molecule has 9 heteroatoms. The molecule has 0 radical (unpaired) electrons. The summed E-state index contributed by atoms with van der Waals surface area (Å²) in [4.78, 5) is 18.2. The largest absolute Gasteiger partial charge is 0.497 e. The summed E-state index contributed by atoms with van der Waals surface area (Å²) in [5.74, 6) is 0.298. The molecule has 0 saturated carbocycles. The third kappa shape index (κ3) is 4.25. The number of benzene rings is 2. The quantitative estimate of drug-likeness (QED) is 0.623. The number of hydrogen-bond acceptors (Lipinski definition) is 6. The monoisotopic (exact) mass is 429 g/mol. The molecule has 0 atom stereocenters. The van der Waals surface area contributed by atoms with Gasteiger partial charge in [-0.05, 0) is 67.8 Å². The fourth-order valence-electron chi connectivity index (χ4n) is 3.07. The van der Waals surface area contributed by atoms with E-state index >= 15 is 0 Å². The summed E-state index contributed by atoms with van der Waals surface area (Å²) in [5, 5.41) is 3.41. The second-order valence-corrected chi connectivity index (χ2v) is 9.32. The van der Waals surface area contributed by atoms with Crippen molar-refractivity contribution in [1.29, 1.82) is 0 Å². The molecule has 29 heavy (non-hydrogen) atoms. The molecule has 1 aliphatic carbocycles. The molecule has 1 aromatic heterocycles. The van der Waals surface area contributed by atoms with Crippen LogP contribution in [0.4, 0.5) is 10.8 Å². The van der Waals surface area contributed by atoms with Crippen molar-refractivity contribution in [2.45, 2.75) is 24.2 Å². The Hall–Kier alpha value is -2.91. The highest BCUT2D eigenvalue weighted by Gasteiger charge is 2.18. The number of nitrogens with one attached hydrogen (secondary N) is 2. The average molecular weight is 430 g/mol. The first kappa shape index (κ1) is 19.4. The van der Waals surface area contributed by atoms with Crippen LogP contribution in [-0.2, 0) is 22.9 Å². The number of fused-ring (bicyclic) bond motifs is 1. The van der Waals surface area contributed by atoms with Crippen molar-refractivity contribution < 1.29 is 17.9 Å². The van der Waals surface area contributed by atoms with Gasteiger partial charge in [0.15, 0.2) is 5.13 Å². The second kappa shape index (κ2) is 7.84. The molecule has 0 aliphatic heterocycles. The van der Waals surface area contributed by atoms with Crippen molar-refractivity contribution in [1.82, 2.24) is 4.98 Å². The van der Waals surface area contributed by atoms with E-state index in [1.807, 2.05) is 0 Å². The van der Waals surface area contributed by atoms with Gasteiger partial charge < -0.3 is 4.74 Å². The van der Waals surface area contributed by atoms with Crippen LogP contribution in [-0.4, -0.2) is 26.4 Å². The SMILES string of the molecule is COc1ccc(S(=O)(=O)Nc2ccc(C(=O)Nc3nc4c(s3)CCC4)cc2)cc1. The molecule has 4 rings (SSSR count). The van der Waals surface area contributed by atoms with Crippen molar-refractivity contribution in [2.24, 2.45) is 0 Å². The van der Waals surface area contributed by atoms with Crippen molar-refractivity contribution in [3.63, 3.8) is 0 Å². The molecule has 3 aromatic rings. The second-order valence-electron chi connectivity index (χ2n) is 6.55. The van der Waals surface area contributed by atoms with Gasteiger partial charge >= 0.3 is 0 Å². The molecule has 0 bridgehead atoms. The fourth-order valence-corrected chi connectivity index (χ4v) is 5.18. The highest BCUT2D eigenvalue weighted by molar-refractivity contribution is 7.92. The first-order chi connectivity index (χ1) is 13.9. The van der Waals surface area contributed by atoms with Crippen molar-refractivity contribution >= 4 is 38.1 Å². The number of carbonyl (C=O) groups excluding carboxylic acids is 1. The van der Waals surface area contributed by atoms with Crippen molar-refractivity contribution in [3.8, 4) is 5.75 Å². The van der Waals surface area contributed by atoms with Crippen LogP contribution in [0.5, 0.6) is 5.75 Å². The Bertz CT molecular complexity index is 1120. The minimum absolute atomic E-state index is 0.122. The van der Waals surface area contributed by atoms with Gasteiger partial charge in [0.25, 0.3) is 15.9 Å². The Morgan fingerprint density at radius 1 is 1.07 bits per heavy atom. The number of methoxy groups -OCH3 is 1. The summed E-state index contributed by atoms with van der Waals surface area (Å²) in [7, 11) is -2.22. The Morgan fingerprint density at radius 3 is 2.45 bits per heavy atom. The Morgan fingerprint density at radius 2 is 1.79 bits per heavy atom. The van der Waals surface area contributed by atoms with E-state index in [0.29, 0.717) is 22.1 Å². The normalized spacial score (nSPS) is 13.0. The van der Waals surface area contributed by atoms with Crippen LogP contribution < -0.4 is 14.8 Å². The van der Waals surface area contributed by atoms with Gasteiger partial charge in [-0.3, -0.25) is 14.8 Å². The summed E-state index contributed by atoms with van der Waals surface area (Å²) in [5.41, 5.74) is 1.87. The molecule has 1 heterocycles. The average Bonchev–Trinajstić information content (AvgIpc) is 3.30. The van der Waals surface area contributed by atoms with E-state index in [0.717, 1.165) is 25.0 Å². The van der Waals surface area contributed by atoms with E-state index in [2.05, 4.69) is 15.0 Å². The molecule has 7 nitrogen and oxygen atoms in total. The highest BCUT2D eigenvalue weighted by Crippen LogP contribution is 2.30. The van der Waals surface area contributed by atoms with Gasteiger partial charge in [0, 0.05) is 16.1 Å². The molecule has 0 fully saturated rings. The minimum Gasteiger partial charge on any atom is -0.497 e. The Balaban J connectivity index is 1.43. The van der Waals surface area contributed by atoms with Gasteiger partial charge in [-0.1, -0.05) is 0 Å². The number of ether oxygens (including phenoxy) is 1. The number of carbonyl (C=O) groups is 1. The zero-order valence-electron chi connectivity index (χ0n) is 15.6. The highest BCUT2D eigenvalue weighted by atomic mass is 32.2. The molecule has 1 amide bonds. The van der Waals surface area contributed by atoms with Crippen LogP contribution in [0.15, 0.2) is 53.4 Å². The number of sulfonamides is 1. The van der Waals surface area contributed by atoms with Gasteiger partial charge in [-0.25, -0.2) is 13.4 Å². The third-order valence-electron chi connectivity index (χ3n) is 4.59. The van der Waals surface area contributed by atoms with E-state index in [1.165, 1.54) is 35.5 Å². The number of anilines is 2. The summed E-state index contributed by atoms with van der Waals surface area (Å²) < 4.78 is 32.5. The fraction of sp³-hybridized carbons (Fsp3) is 0.200. The van der Waals surface area contributed by atoms with Crippen LogP contribution in [0.3, 0.4) is 0 Å². The van der Waals surface area contributed by atoms with Gasteiger partial charge in [-0.15, -0.1) is 11.3 Å². The third-order valence-corrected chi connectivity index (χ3v) is 7.06. The predicted octanol–water partition coefficient (Wildman–Crippen LogP) is 3.69. The molecule has 0 spiro atoms. The number of nitrogens with zero attached hydrogens (tertiary/aromatic N) is 1. The van der Waals surface area contributed by atoms with E-state index in [4.69, 9.17) is 4.74 Å². The molecule has 1 aliphatic rings. The Kier molecular flexibility index (Phi) is 5.25. The Labute approximate surface area is 172 Å². The topological polar surface area (TPSA) is 97.4 Å². The number of thiazole rings is 1. The molecule has 0 unspecified atom stereocenters. The summed E-state index contributed by atoms with van der Waals surface area (Å²) in [6.07, 6.45) is 3.10. The van der Waals surface area contributed by atoms with Crippen LogP contribution in [0.25, 0.3) is 0 Å². The lowest BCUT2D eigenvalue weighted by Crippen LogP contribution is -2.14. The predicted molar refractivity (Wildman–Crippen MR) is 112 cm³/mol. The van der Waals surface area contributed by atoms with E-state index in [1.54, 1.807) is 36.4 Å². The smallest absolute Gasteiger partial charge is 0.261 e. The van der Waals surface area contributed by atoms with E-state index in [9.17, 15) is 13.2 Å². The summed E-state index contributed by atoms with van der Waals surface area (Å²) >= 11 is 1.51. The molecular weight excluding hydrogens is 410 g/mol. The number of rotatable bonds is 6. The molecule has 2 aromatic carbocycles. The van der Waals surface area contributed by atoms with Crippen molar-refractivity contribution in [3.05, 3.63) is 64.7 Å². The van der Waals surface area contributed by atoms with Crippen molar-refractivity contribution in [2.75, 3.05) is 17.1 Å². The zero-order chi connectivity index (χ0) is 20.4. The molecule has 150 valence electrons. The lowest BCUT2D eigenvalue weighted by molar-refractivity contribution is 0.102. The zero-order valence-corrected chi connectivity index (χ0v) is 17.3. The van der Waals surface area contributed by atoms with Crippen LogP contribution >= 0.6 is 11.3 Å².